The standard InChI is InChI=1S/C13H22N4O.ClH/c1-8(2)12(14)13(18)16-10-5-4-6-11-9(10)7-15-17(11)3;/h7-8,10,12H,4-6,14H2,1-3H3,(H,16,18);1H/t10?,12-;/m1./s1. The highest BCUT2D eigenvalue weighted by atomic mass is 35.5. The van der Waals surface area contributed by atoms with E-state index in [2.05, 4.69) is 10.4 Å². The van der Waals surface area contributed by atoms with Crippen molar-refractivity contribution in [2.24, 2.45) is 18.7 Å². The lowest BCUT2D eigenvalue weighted by molar-refractivity contribution is -0.124. The summed E-state index contributed by atoms with van der Waals surface area (Å²) in [6, 6.07) is -0.369. The van der Waals surface area contributed by atoms with Gasteiger partial charge in [-0.15, -0.1) is 12.4 Å². The molecule has 1 aliphatic carbocycles. The molecule has 1 unspecified atom stereocenters. The first-order chi connectivity index (χ1) is 8.50. The van der Waals surface area contributed by atoms with E-state index in [0.29, 0.717) is 0 Å². The van der Waals surface area contributed by atoms with Crippen molar-refractivity contribution in [3.8, 4) is 0 Å². The Labute approximate surface area is 120 Å². The zero-order chi connectivity index (χ0) is 13.3. The van der Waals surface area contributed by atoms with Crippen molar-refractivity contribution in [1.82, 2.24) is 15.1 Å². The van der Waals surface area contributed by atoms with E-state index in [1.807, 2.05) is 31.8 Å². The molecule has 0 aliphatic heterocycles. The molecular formula is C13H23ClN4O. The summed E-state index contributed by atoms with van der Waals surface area (Å²) in [7, 11) is 1.95. The lowest BCUT2D eigenvalue weighted by Crippen LogP contribution is -2.45. The molecule has 0 radical (unpaired) electrons. The van der Waals surface area contributed by atoms with E-state index < -0.39 is 6.04 Å². The molecule has 1 aliphatic rings. The van der Waals surface area contributed by atoms with Crippen molar-refractivity contribution in [1.29, 1.82) is 0 Å². The lowest BCUT2D eigenvalue weighted by atomic mass is 9.92. The Hall–Kier alpha value is -1.07. The monoisotopic (exact) mass is 286 g/mol. The van der Waals surface area contributed by atoms with E-state index >= 15 is 0 Å². The van der Waals surface area contributed by atoms with Gasteiger partial charge in [-0.25, -0.2) is 0 Å². The fourth-order valence-corrected chi connectivity index (χ4v) is 2.43. The first-order valence-corrected chi connectivity index (χ1v) is 6.57. The molecule has 0 bridgehead atoms. The minimum absolute atomic E-state index is 0. The Morgan fingerprint density at radius 2 is 2.26 bits per heavy atom. The largest absolute Gasteiger partial charge is 0.348 e. The first-order valence-electron chi connectivity index (χ1n) is 6.57. The number of halogens is 1. The van der Waals surface area contributed by atoms with Crippen LogP contribution in [0.25, 0.3) is 0 Å². The van der Waals surface area contributed by atoms with Gasteiger partial charge in [-0.05, 0) is 25.2 Å². The van der Waals surface area contributed by atoms with E-state index in [-0.39, 0.29) is 30.3 Å². The average Bonchev–Trinajstić information content (AvgIpc) is 2.71. The molecule has 0 saturated heterocycles. The lowest BCUT2D eigenvalue weighted by Gasteiger charge is -2.26. The summed E-state index contributed by atoms with van der Waals surface area (Å²) in [5, 5.41) is 7.32. The quantitative estimate of drug-likeness (QED) is 0.880. The Balaban J connectivity index is 0.00000180. The van der Waals surface area contributed by atoms with Crippen LogP contribution < -0.4 is 11.1 Å². The van der Waals surface area contributed by atoms with Gasteiger partial charge in [0, 0.05) is 18.3 Å². The second-order valence-corrected chi connectivity index (χ2v) is 5.39. The fourth-order valence-electron chi connectivity index (χ4n) is 2.43. The van der Waals surface area contributed by atoms with E-state index in [1.165, 1.54) is 5.69 Å². The van der Waals surface area contributed by atoms with Gasteiger partial charge < -0.3 is 11.1 Å². The fraction of sp³-hybridized carbons (Fsp3) is 0.692. The second-order valence-electron chi connectivity index (χ2n) is 5.39. The number of rotatable bonds is 3. The smallest absolute Gasteiger partial charge is 0.237 e. The highest BCUT2D eigenvalue weighted by Crippen LogP contribution is 2.29. The van der Waals surface area contributed by atoms with E-state index in [4.69, 9.17) is 5.73 Å². The molecule has 1 aromatic rings. The highest BCUT2D eigenvalue weighted by Gasteiger charge is 2.27. The van der Waals surface area contributed by atoms with Gasteiger partial charge in [0.25, 0.3) is 0 Å². The summed E-state index contributed by atoms with van der Waals surface area (Å²) in [6.45, 7) is 3.92. The van der Waals surface area contributed by atoms with Crippen LogP contribution in [0.4, 0.5) is 0 Å². The van der Waals surface area contributed by atoms with Crippen LogP contribution in [0.5, 0.6) is 0 Å². The third kappa shape index (κ3) is 3.28. The molecule has 5 nitrogen and oxygen atoms in total. The Bertz CT molecular complexity index is 444. The average molecular weight is 287 g/mol. The number of carbonyl (C=O) groups excluding carboxylic acids is 1. The summed E-state index contributed by atoms with van der Waals surface area (Å²) >= 11 is 0. The molecule has 3 N–H and O–H groups in total. The summed E-state index contributed by atoms with van der Waals surface area (Å²) in [4.78, 5) is 12.0. The number of hydrogen-bond donors (Lipinski definition) is 2. The van der Waals surface area contributed by atoms with Gasteiger partial charge in [0.05, 0.1) is 18.3 Å². The van der Waals surface area contributed by atoms with Crippen molar-refractivity contribution >= 4 is 18.3 Å². The topological polar surface area (TPSA) is 72.9 Å². The van der Waals surface area contributed by atoms with Gasteiger partial charge in [-0.3, -0.25) is 9.48 Å². The van der Waals surface area contributed by atoms with E-state index in [0.717, 1.165) is 24.8 Å². The molecule has 0 fully saturated rings. The van der Waals surface area contributed by atoms with Gasteiger partial charge in [0.15, 0.2) is 0 Å². The van der Waals surface area contributed by atoms with E-state index in [9.17, 15) is 4.79 Å². The minimum Gasteiger partial charge on any atom is -0.348 e. The van der Waals surface area contributed by atoms with Crippen molar-refractivity contribution in [2.45, 2.75) is 45.2 Å². The highest BCUT2D eigenvalue weighted by molar-refractivity contribution is 5.85. The summed E-state index contributed by atoms with van der Waals surface area (Å²) in [5.41, 5.74) is 8.24. The van der Waals surface area contributed by atoms with Crippen molar-refractivity contribution < 1.29 is 4.79 Å². The van der Waals surface area contributed by atoms with Crippen molar-refractivity contribution in [2.75, 3.05) is 0 Å². The molecule has 1 amide bonds. The van der Waals surface area contributed by atoms with Gasteiger partial charge in [-0.2, -0.15) is 5.10 Å². The van der Waals surface area contributed by atoms with Crippen LogP contribution in [0, 0.1) is 5.92 Å². The molecule has 1 aromatic heterocycles. The molecule has 2 rings (SSSR count). The second kappa shape index (κ2) is 6.39. The predicted octanol–water partition coefficient (Wildman–Crippen LogP) is 1.32. The van der Waals surface area contributed by atoms with Gasteiger partial charge >= 0.3 is 0 Å². The number of carbonyl (C=O) groups is 1. The summed E-state index contributed by atoms with van der Waals surface area (Å²) < 4.78 is 1.90. The number of nitrogens with one attached hydrogen (secondary N) is 1. The summed E-state index contributed by atoms with van der Waals surface area (Å²) in [6.07, 6.45) is 4.94. The predicted molar refractivity (Wildman–Crippen MR) is 77.1 cm³/mol. The molecule has 2 atom stereocenters. The van der Waals surface area contributed by atoms with Gasteiger partial charge in [0.1, 0.15) is 0 Å². The number of aromatic nitrogens is 2. The van der Waals surface area contributed by atoms with Gasteiger partial charge in [-0.1, -0.05) is 13.8 Å². The number of amides is 1. The Kier molecular flexibility index (Phi) is 5.38. The van der Waals surface area contributed by atoms with Crippen LogP contribution >= 0.6 is 12.4 Å². The molecular weight excluding hydrogens is 264 g/mol. The summed E-state index contributed by atoms with van der Waals surface area (Å²) in [5.74, 6) is 0.0914. The van der Waals surface area contributed by atoms with Crippen LogP contribution in [-0.2, 0) is 18.3 Å². The van der Waals surface area contributed by atoms with E-state index in [1.54, 1.807) is 0 Å². The van der Waals surface area contributed by atoms with Crippen LogP contribution in [0.15, 0.2) is 6.20 Å². The maximum Gasteiger partial charge on any atom is 0.237 e. The number of nitrogens with zero attached hydrogens (tertiary/aromatic N) is 2. The van der Waals surface area contributed by atoms with Crippen molar-refractivity contribution in [3.05, 3.63) is 17.5 Å². The maximum atomic E-state index is 12.0. The normalized spacial score (nSPS) is 19.5. The van der Waals surface area contributed by atoms with Crippen LogP contribution in [0.2, 0.25) is 0 Å². The van der Waals surface area contributed by atoms with Crippen molar-refractivity contribution in [3.63, 3.8) is 0 Å². The SMILES string of the molecule is CC(C)[C@@H](N)C(=O)NC1CCCc2c1cnn2C.Cl. The maximum absolute atomic E-state index is 12.0. The first kappa shape index (κ1) is 16.0. The number of nitrogens with two attached hydrogens (primary N) is 1. The Morgan fingerprint density at radius 3 is 2.89 bits per heavy atom. The molecule has 0 spiro atoms. The van der Waals surface area contributed by atoms with Crippen LogP contribution in [-0.4, -0.2) is 21.7 Å². The van der Waals surface area contributed by atoms with Gasteiger partial charge in [0.2, 0.25) is 5.91 Å². The van der Waals surface area contributed by atoms with Crippen LogP contribution in [0.3, 0.4) is 0 Å². The zero-order valence-electron chi connectivity index (χ0n) is 11.7. The number of fused-ring (bicyclic) bond motifs is 1. The molecule has 0 aromatic carbocycles. The molecule has 1 heterocycles. The molecule has 108 valence electrons. The minimum atomic E-state index is -0.438. The molecule has 19 heavy (non-hydrogen) atoms. The number of aryl methyl sites for hydroxylation is 1. The molecule has 0 saturated carbocycles. The third-order valence-electron chi connectivity index (χ3n) is 3.71. The Morgan fingerprint density at radius 1 is 1.58 bits per heavy atom. The number of hydrogen-bond acceptors (Lipinski definition) is 3. The third-order valence-corrected chi connectivity index (χ3v) is 3.71. The van der Waals surface area contributed by atoms with Crippen LogP contribution in [0.1, 0.15) is 44.0 Å². The zero-order valence-corrected chi connectivity index (χ0v) is 12.5. The molecule has 6 heteroatoms.